The van der Waals surface area contributed by atoms with Gasteiger partial charge in [0.15, 0.2) is 5.78 Å². The number of carbonyl (C=O) groups is 2. The summed E-state index contributed by atoms with van der Waals surface area (Å²) in [6, 6.07) is 21.9. The summed E-state index contributed by atoms with van der Waals surface area (Å²) in [5.41, 5.74) is 3.73. The normalized spacial score (nSPS) is 11.0. The van der Waals surface area contributed by atoms with Gasteiger partial charge in [0.2, 0.25) is 11.5 Å². The summed E-state index contributed by atoms with van der Waals surface area (Å²) in [6.07, 6.45) is 0.996. The lowest BCUT2D eigenvalue weighted by Gasteiger charge is -2.17. The lowest BCUT2D eigenvalue weighted by Crippen LogP contribution is -2.31. The monoisotopic (exact) mass is 484 g/mol. The van der Waals surface area contributed by atoms with Crippen LogP contribution in [0.3, 0.4) is 0 Å². The van der Waals surface area contributed by atoms with E-state index in [0.717, 1.165) is 11.1 Å². The number of aromatic nitrogens is 2. The Balaban J connectivity index is 1.50. The third kappa shape index (κ3) is 5.57. The summed E-state index contributed by atoms with van der Waals surface area (Å²) in [7, 11) is 7.52. The predicted octanol–water partition coefficient (Wildman–Crippen LogP) is 3.34. The Morgan fingerprint density at radius 2 is 1.69 bits per heavy atom. The number of Topliss-reactive ketones (excluding diaryl/α,β-unsaturated/α-hetero) is 1. The molecular weight excluding hydrogens is 459 g/mol. The van der Waals surface area contributed by atoms with Crippen molar-refractivity contribution in [2.45, 2.75) is 25.9 Å². The molecule has 0 aliphatic carbocycles. The van der Waals surface area contributed by atoms with Gasteiger partial charge in [-0.2, -0.15) is 0 Å². The molecule has 0 fully saturated rings. The number of ketones is 1. The molecule has 1 amide bonds. The fourth-order valence-corrected chi connectivity index (χ4v) is 4.40. The number of likely N-dealkylation sites (N-methyl/N-ethyl adjacent to an activating group) is 1. The van der Waals surface area contributed by atoms with Crippen LogP contribution in [0, 0.1) is 5.41 Å². The highest BCUT2D eigenvalue weighted by molar-refractivity contribution is 6.35. The molecular formula is C27H26BClN4O2. The molecule has 0 saturated carbocycles. The maximum absolute atomic E-state index is 12.9. The summed E-state index contributed by atoms with van der Waals surface area (Å²) in [4.78, 5) is 27.2. The summed E-state index contributed by atoms with van der Waals surface area (Å²) < 4.78 is 3.48. The molecule has 4 rings (SSSR count). The van der Waals surface area contributed by atoms with Crippen LogP contribution >= 0.6 is 11.6 Å². The molecule has 0 unspecified atom stereocenters. The zero-order valence-corrected chi connectivity index (χ0v) is 20.3. The van der Waals surface area contributed by atoms with Gasteiger partial charge >= 0.3 is 0 Å². The van der Waals surface area contributed by atoms with E-state index in [-0.39, 0.29) is 23.9 Å². The Bertz CT molecular complexity index is 1410. The molecule has 4 aromatic rings. The van der Waals surface area contributed by atoms with Crippen LogP contribution in [0.5, 0.6) is 0 Å². The zero-order valence-electron chi connectivity index (χ0n) is 19.6. The van der Waals surface area contributed by atoms with Crippen LogP contribution in [0.4, 0.5) is 0 Å². The largest absolute Gasteiger partial charge is 0.345 e. The fraction of sp³-hybridized carbons (Fsp3) is 0.222. The average molecular weight is 485 g/mol. The minimum atomic E-state index is -0.117. The van der Waals surface area contributed by atoms with Crippen molar-refractivity contribution in [2.24, 2.45) is 0 Å². The first kappa shape index (κ1) is 24.5. The SMILES string of the molecule is [B]c1ccc(C(=O)Cn2c(=N)n(CCCN(C)C(=O)Cc3ccccc3)c3c(Cl)cccc32)cc1. The number of para-hydroxylation sites is 1. The highest BCUT2D eigenvalue weighted by atomic mass is 35.5. The van der Waals surface area contributed by atoms with Crippen molar-refractivity contribution in [3.63, 3.8) is 0 Å². The number of hydrogen-bond acceptors (Lipinski definition) is 3. The quantitative estimate of drug-likeness (QED) is 0.292. The standard InChI is InChI=1S/C27H26BClN4O2/c1-31(25(35)17-19-7-3-2-4-8-19)15-6-16-32-26-22(29)9-5-10-23(26)33(27(32)30)18-24(34)20-11-13-21(28)14-12-20/h2-5,7-14,30H,6,15-18H2,1H3. The maximum atomic E-state index is 12.9. The molecule has 1 aromatic heterocycles. The van der Waals surface area contributed by atoms with Crippen molar-refractivity contribution >= 4 is 47.6 Å². The molecule has 8 heteroatoms. The molecule has 3 aromatic carbocycles. The number of aryl methyl sites for hydroxylation is 1. The summed E-state index contributed by atoms with van der Waals surface area (Å²) >= 11 is 6.52. The molecule has 0 aliphatic rings. The van der Waals surface area contributed by atoms with Gasteiger partial charge in [0.05, 0.1) is 29.0 Å². The third-order valence-corrected chi connectivity index (χ3v) is 6.38. The van der Waals surface area contributed by atoms with Crippen LogP contribution in [0.15, 0.2) is 72.8 Å². The van der Waals surface area contributed by atoms with Crippen LogP contribution in [0.25, 0.3) is 11.0 Å². The van der Waals surface area contributed by atoms with Crippen LogP contribution in [0.2, 0.25) is 5.02 Å². The average Bonchev–Trinajstić information content (AvgIpc) is 3.12. The molecule has 0 bridgehead atoms. The lowest BCUT2D eigenvalue weighted by atomic mass is 9.94. The van der Waals surface area contributed by atoms with Gasteiger partial charge in [-0.25, -0.2) is 0 Å². The smallest absolute Gasteiger partial charge is 0.226 e. The van der Waals surface area contributed by atoms with Gasteiger partial charge in [-0.05, 0) is 24.1 Å². The van der Waals surface area contributed by atoms with Crippen LogP contribution in [0.1, 0.15) is 22.3 Å². The number of nitrogens with zero attached hydrogens (tertiary/aromatic N) is 3. The number of hydrogen-bond donors (Lipinski definition) is 1. The summed E-state index contributed by atoms with van der Waals surface area (Å²) in [5, 5.41) is 9.31. The number of imidazole rings is 1. The minimum absolute atomic E-state index is 0.0159. The van der Waals surface area contributed by atoms with E-state index in [4.69, 9.17) is 24.9 Å². The Morgan fingerprint density at radius 3 is 2.40 bits per heavy atom. The number of nitrogens with one attached hydrogen (secondary N) is 1. The van der Waals surface area contributed by atoms with Gasteiger partial charge in [0, 0.05) is 25.7 Å². The molecule has 35 heavy (non-hydrogen) atoms. The van der Waals surface area contributed by atoms with Gasteiger partial charge in [-0.1, -0.05) is 77.7 Å². The van der Waals surface area contributed by atoms with Crippen molar-refractivity contribution in [3.8, 4) is 0 Å². The van der Waals surface area contributed by atoms with Gasteiger partial charge in [0.25, 0.3) is 0 Å². The van der Waals surface area contributed by atoms with E-state index in [1.54, 1.807) is 46.8 Å². The van der Waals surface area contributed by atoms with E-state index in [9.17, 15) is 9.59 Å². The second-order valence-corrected chi connectivity index (χ2v) is 8.95. The van der Waals surface area contributed by atoms with Gasteiger partial charge in [-0.15, -0.1) is 0 Å². The maximum Gasteiger partial charge on any atom is 0.226 e. The number of fused-ring (bicyclic) bond motifs is 1. The number of rotatable bonds is 9. The van der Waals surface area contributed by atoms with Gasteiger partial charge in [-0.3, -0.25) is 15.0 Å². The van der Waals surface area contributed by atoms with E-state index in [2.05, 4.69) is 0 Å². The topological polar surface area (TPSA) is 71.1 Å². The van der Waals surface area contributed by atoms with Crippen LogP contribution in [-0.2, 0) is 24.3 Å². The molecule has 0 saturated heterocycles. The Morgan fingerprint density at radius 1 is 0.971 bits per heavy atom. The minimum Gasteiger partial charge on any atom is -0.345 e. The van der Waals surface area contributed by atoms with E-state index in [1.807, 2.05) is 47.0 Å². The van der Waals surface area contributed by atoms with Crippen molar-refractivity contribution in [1.82, 2.24) is 14.0 Å². The second-order valence-electron chi connectivity index (χ2n) is 8.55. The van der Waals surface area contributed by atoms with E-state index >= 15 is 0 Å². The molecule has 176 valence electrons. The summed E-state index contributed by atoms with van der Waals surface area (Å²) in [5.74, 6) is -0.0735. The van der Waals surface area contributed by atoms with Crippen molar-refractivity contribution in [1.29, 1.82) is 5.41 Å². The van der Waals surface area contributed by atoms with Gasteiger partial charge in [0.1, 0.15) is 7.85 Å². The first-order valence-corrected chi connectivity index (χ1v) is 11.8. The van der Waals surface area contributed by atoms with Crippen molar-refractivity contribution in [3.05, 3.63) is 94.6 Å². The number of benzene rings is 3. The first-order valence-electron chi connectivity index (χ1n) is 11.4. The number of halogens is 1. The van der Waals surface area contributed by atoms with E-state index in [1.165, 1.54) is 0 Å². The molecule has 6 nitrogen and oxygen atoms in total. The Hall–Kier alpha value is -3.58. The lowest BCUT2D eigenvalue weighted by molar-refractivity contribution is -0.129. The molecule has 0 atom stereocenters. The first-order chi connectivity index (χ1) is 16.8. The van der Waals surface area contributed by atoms with Crippen molar-refractivity contribution in [2.75, 3.05) is 13.6 Å². The molecule has 2 radical (unpaired) electrons. The van der Waals surface area contributed by atoms with Crippen molar-refractivity contribution < 1.29 is 9.59 Å². The van der Waals surface area contributed by atoms with Gasteiger partial charge < -0.3 is 14.0 Å². The molecule has 1 heterocycles. The van der Waals surface area contributed by atoms with Crippen LogP contribution < -0.4 is 11.1 Å². The molecule has 1 N–H and O–H groups in total. The molecule has 0 aliphatic heterocycles. The fourth-order valence-electron chi connectivity index (χ4n) is 4.13. The van der Waals surface area contributed by atoms with E-state index in [0.29, 0.717) is 47.5 Å². The zero-order chi connectivity index (χ0) is 24.9. The second kappa shape index (κ2) is 10.8. The molecule has 0 spiro atoms. The highest BCUT2D eigenvalue weighted by Crippen LogP contribution is 2.23. The number of carbonyl (C=O) groups excluding carboxylic acids is 2. The highest BCUT2D eigenvalue weighted by Gasteiger charge is 2.17. The Labute approximate surface area is 210 Å². The predicted molar refractivity (Wildman–Crippen MR) is 139 cm³/mol. The third-order valence-electron chi connectivity index (χ3n) is 6.07. The summed E-state index contributed by atoms with van der Waals surface area (Å²) in [6.45, 7) is 1.05. The van der Waals surface area contributed by atoms with Crippen LogP contribution in [-0.4, -0.2) is 47.2 Å². The van der Waals surface area contributed by atoms with E-state index < -0.39 is 0 Å². The Kier molecular flexibility index (Phi) is 7.56. The number of amides is 1.